The van der Waals surface area contributed by atoms with Crippen molar-refractivity contribution in [2.24, 2.45) is 5.14 Å². The highest BCUT2D eigenvalue weighted by atomic mass is 32.2. The van der Waals surface area contributed by atoms with Gasteiger partial charge in [0.15, 0.2) is 11.7 Å². The molecule has 0 radical (unpaired) electrons. The lowest BCUT2D eigenvalue weighted by Gasteiger charge is -2.03. The van der Waals surface area contributed by atoms with Crippen LogP contribution in [0, 0.1) is 0 Å². The van der Waals surface area contributed by atoms with Crippen molar-refractivity contribution in [2.75, 3.05) is 6.61 Å². The molecule has 3 aromatic rings. The number of rotatable bonds is 5. The maximum Gasteiger partial charge on any atom is 0.238 e. The number of aromatic nitrogens is 1. The molecule has 0 unspecified atom stereocenters. The van der Waals surface area contributed by atoms with E-state index in [0.717, 1.165) is 5.56 Å². The second-order valence-corrected chi connectivity index (χ2v) is 6.76. The average Bonchev–Trinajstić information content (AvgIpc) is 2.99. The minimum atomic E-state index is -3.75. The van der Waals surface area contributed by atoms with Gasteiger partial charge in [0.05, 0.1) is 11.5 Å². The Morgan fingerprint density at radius 1 is 1.00 bits per heavy atom. The number of hydrogen-bond donors (Lipinski definition) is 2. The summed E-state index contributed by atoms with van der Waals surface area (Å²) in [4.78, 5) is 4.48. The summed E-state index contributed by atoms with van der Waals surface area (Å²) in [5.74, 6) is 0.937. The van der Waals surface area contributed by atoms with Crippen LogP contribution in [0.5, 0.6) is 0 Å². The number of primary sulfonamides is 1. The lowest BCUT2D eigenvalue weighted by Crippen LogP contribution is -2.11. The van der Waals surface area contributed by atoms with Gasteiger partial charge in [-0.15, -0.1) is 0 Å². The Bertz CT molecular complexity index is 932. The molecule has 0 saturated heterocycles. The fourth-order valence-corrected chi connectivity index (χ4v) is 2.87. The molecule has 0 fully saturated rings. The lowest BCUT2D eigenvalue weighted by molar-refractivity contribution is 0.285. The highest BCUT2D eigenvalue weighted by Crippen LogP contribution is 2.33. The van der Waals surface area contributed by atoms with Gasteiger partial charge >= 0.3 is 0 Å². The molecule has 0 bridgehead atoms. The van der Waals surface area contributed by atoms with Crippen molar-refractivity contribution in [3.8, 4) is 22.6 Å². The van der Waals surface area contributed by atoms with Gasteiger partial charge in [-0.1, -0.05) is 30.3 Å². The SMILES string of the molecule is NS(=O)(=O)c1ccc(-c2oc(CCO)nc2-c2ccccc2)cc1. The molecular formula is C17H16N2O4S. The van der Waals surface area contributed by atoms with Gasteiger partial charge in [0.2, 0.25) is 10.0 Å². The highest BCUT2D eigenvalue weighted by molar-refractivity contribution is 7.89. The smallest absolute Gasteiger partial charge is 0.238 e. The predicted octanol–water partition coefficient (Wildman–Crippen LogP) is 2.19. The molecule has 2 aromatic carbocycles. The number of sulfonamides is 1. The first-order valence-electron chi connectivity index (χ1n) is 7.28. The largest absolute Gasteiger partial charge is 0.440 e. The van der Waals surface area contributed by atoms with Crippen LogP contribution in [-0.2, 0) is 16.4 Å². The van der Waals surface area contributed by atoms with E-state index in [1.54, 1.807) is 12.1 Å². The van der Waals surface area contributed by atoms with Crippen molar-refractivity contribution in [1.29, 1.82) is 0 Å². The molecule has 0 atom stereocenters. The molecule has 1 aromatic heterocycles. The van der Waals surface area contributed by atoms with Crippen LogP contribution >= 0.6 is 0 Å². The summed E-state index contributed by atoms with van der Waals surface area (Å²) < 4.78 is 28.5. The molecule has 24 heavy (non-hydrogen) atoms. The zero-order valence-electron chi connectivity index (χ0n) is 12.7. The number of nitrogens with two attached hydrogens (primary N) is 1. The van der Waals surface area contributed by atoms with Gasteiger partial charge in [-0.05, 0) is 24.3 Å². The van der Waals surface area contributed by atoms with Crippen molar-refractivity contribution >= 4 is 10.0 Å². The summed E-state index contributed by atoms with van der Waals surface area (Å²) in [6.45, 7) is -0.0709. The van der Waals surface area contributed by atoms with E-state index in [0.29, 0.717) is 29.3 Å². The van der Waals surface area contributed by atoms with Crippen LogP contribution in [0.2, 0.25) is 0 Å². The van der Waals surface area contributed by atoms with Crippen molar-refractivity contribution < 1.29 is 17.9 Å². The zero-order valence-corrected chi connectivity index (χ0v) is 13.5. The monoisotopic (exact) mass is 344 g/mol. The first-order chi connectivity index (χ1) is 11.5. The number of aliphatic hydroxyl groups excluding tert-OH is 1. The number of hydrogen-bond acceptors (Lipinski definition) is 5. The summed E-state index contributed by atoms with van der Waals surface area (Å²) in [5.41, 5.74) is 2.19. The minimum Gasteiger partial charge on any atom is -0.440 e. The molecule has 0 spiro atoms. The molecule has 0 saturated carbocycles. The Labute approximate surface area is 139 Å². The van der Waals surface area contributed by atoms with E-state index in [-0.39, 0.29) is 11.5 Å². The Morgan fingerprint density at radius 3 is 2.25 bits per heavy atom. The van der Waals surface area contributed by atoms with Gasteiger partial charge in [0.25, 0.3) is 0 Å². The molecule has 7 heteroatoms. The van der Waals surface area contributed by atoms with Gasteiger partial charge in [0, 0.05) is 17.5 Å². The molecule has 0 amide bonds. The number of benzene rings is 2. The third-order valence-electron chi connectivity index (χ3n) is 3.49. The topological polar surface area (TPSA) is 106 Å². The van der Waals surface area contributed by atoms with Gasteiger partial charge in [-0.25, -0.2) is 18.5 Å². The summed E-state index contributed by atoms with van der Waals surface area (Å²) in [6.07, 6.45) is 0.301. The standard InChI is InChI=1S/C17H16N2O4S/c18-24(21,22)14-8-6-13(7-9-14)17-16(12-4-2-1-3-5-12)19-15(23-17)10-11-20/h1-9,20H,10-11H2,(H2,18,21,22). The number of oxazole rings is 1. The summed E-state index contributed by atoms with van der Waals surface area (Å²) in [7, 11) is -3.75. The van der Waals surface area contributed by atoms with Crippen LogP contribution < -0.4 is 5.14 Å². The fourth-order valence-electron chi connectivity index (χ4n) is 2.35. The Morgan fingerprint density at radius 2 is 1.67 bits per heavy atom. The molecule has 124 valence electrons. The average molecular weight is 344 g/mol. The first kappa shape index (κ1) is 16.4. The van der Waals surface area contributed by atoms with Crippen LogP contribution in [0.3, 0.4) is 0 Å². The molecular weight excluding hydrogens is 328 g/mol. The Kier molecular flexibility index (Phi) is 4.48. The van der Waals surface area contributed by atoms with E-state index in [9.17, 15) is 8.42 Å². The Balaban J connectivity index is 2.09. The predicted molar refractivity (Wildman–Crippen MR) is 89.5 cm³/mol. The van der Waals surface area contributed by atoms with Gasteiger partial charge in [-0.2, -0.15) is 0 Å². The molecule has 0 aliphatic carbocycles. The van der Waals surface area contributed by atoms with Crippen molar-refractivity contribution in [2.45, 2.75) is 11.3 Å². The maximum atomic E-state index is 11.4. The van der Waals surface area contributed by atoms with Gasteiger partial charge in [-0.3, -0.25) is 0 Å². The fraction of sp³-hybridized carbons (Fsp3) is 0.118. The van der Waals surface area contributed by atoms with Crippen molar-refractivity contribution in [3.63, 3.8) is 0 Å². The summed E-state index contributed by atoms with van der Waals surface area (Å²) >= 11 is 0. The summed E-state index contributed by atoms with van der Waals surface area (Å²) in [5, 5.41) is 14.2. The van der Waals surface area contributed by atoms with E-state index in [1.807, 2.05) is 30.3 Å². The second-order valence-electron chi connectivity index (χ2n) is 5.19. The van der Waals surface area contributed by atoms with Crippen LogP contribution in [0.4, 0.5) is 0 Å². The molecule has 6 nitrogen and oxygen atoms in total. The van der Waals surface area contributed by atoms with E-state index in [4.69, 9.17) is 14.7 Å². The van der Waals surface area contributed by atoms with Crippen LogP contribution in [0.1, 0.15) is 5.89 Å². The third kappa shape index (κ3) is 3.38. The van der Waals surface area contributed by atoms with E-state index < -0.39 is 10.0 Å². The number of aliphatic hydroxyl groups is 1. The normalized spacial score (nSPS) is 11.6. The van der Waals surface area contributed by atoms with Crippen molar-refractivity contribution in [1.82, 2.24) is 4.98 Å². The number of nitrogens with zero attached hydrogens (tertiary/aromatic N) is 1. The quantitative estimate of drug-likeness (QED) is 0.738. The van der Waals surface area contributed by atoms with Crippen LogP contribution in [-0.4, -0.2) is 25.1 Å². The van der Waals surface area contributed by atoms with Gasteiger partial charge in [0.1, 0.15) is 5.69 Å². The van der Waals surface area contributed by atoms with E-state index in [2.05, 4.69) is 4.98 Å². The lowest BCUT2D eigenvalue weighted by atomic mass is 10.1. The molecule has 3 rings (SSSR count). The van der Waals surface area contributed by atoms with Crippen LogP contribution in [0.15, 0.2) is 63.9 Å². The third-order valence-corrected chi connectivity index (χ3v) is 4.42. The van der Waals surface area contributed by atoms with Gasteiger partial charge < -0.3 is 9.52 Å². The summed E-state index contributed by atoms with van der Waals surface area (Å²) in [6, 6.07) is 15.6. The second kappa shape index (κ2) is 6.56. The molecule has 0 aliphatic rings. The Hall–Kier alpha value is -2.48. The van der Waals surface area contributed by atoms with E-state index in [1.165, 1.54) is 12.1 Å². The first-order valence-corrected chi connectivity index (χ1v) is 8.83. The van der Waals surface area contributed by atoms with E-state index >= 15 is 0 Å². The minimum absolute atomic E-state index is 0.0302. The zero-order chi connectivity index (χ0) is 17.2. The molecule has 3 N–H and O–H groups in total. The maximum absolute atomic E-state index is 11.4. The molecule has 0 aliphatic heterocycles. The van der Waals surface area contributed by atoms with Crippen molar-refractivity contribution in [3.05, 3.63) is 60.5 Å². The van der Waals surface area contributed by atoms with Crippen LogP contribution in [0.25, 0.3) is 22.6 Å². The highest BCUT2D eigenvalue weighted by Gasteiger charge is 2.17. The molecule has 1 heterocycles.